The lowest BCUT2D eigenvalue weighted by Gasteiger charge is -2.21. The standard InChI is InChI=1S/C30H29N3O6S/c1-5-18-10-21-26(38-14-22(27(21)34)29-32-16(2)15-40-29)12-25(18)39-17(3)28(35)33-24(30(36)37-4)11-19-13-31-23-9-7-6-8-20(19)23/h6-10,12-15,17,24,31H,5,11H2,1-4H3,(H,33,35)/t17?,24-/m1/s1. The van der Waals surface area contributed by atoms with E-state index in [1.165, 1.54) is 24.7 Å². The zero-order valence-corrected chi connectivity index (χ0v) is 23.4. The first-order chi connectivity index (χ1) is 19.3. The first-order valence-electron chi connectivity index (χ1n) is 12.9. The summed E-state index contributed by atoms with van der Waals surface area (Å²) >= 11 is 1.38. The lowest BCUT2D eigenvalue weighted by atomic mass is 10.0. The Morgan fingerprint density at radius 2 is 1.98 bits per heavy atom. The number of ether oxygens (including phenoxy) is 2. The van der Waals surface area contributed by atoms with Gasteiger partial charge in [0.25, 0.3) is 5.91 Å². The van der Waals surface area contributed by atoms with Gasteiger partial charge in [-0.25, -0.2) is 9.78 Å². The second-order valence-electron chi connectivity index (χ2n) is 9.49. The molecule has 206 valence electrons. The van der Waals surface area contributed by atoms with Crippen LogP contribution in [-0.4, -0.2) is 41.1 Å². The summed E-state index contributed by atoms with van der Waals surface area (Å²) in [6, 6.07) is 10.2. The number of methoxy groups -OCH3 is 1. The van der Waals surface area contributed by atoms with Crippen LogP contribution in [0, 0.1) is 6.92 Å². The maximum atomic E-state index is 13.2. The van der Waals surface area contributed by atoms with Gasteiger partial charge in [0.05, 0.1) is 18.1 Å². The van der Waals surface area contributed by atoms with E-state index < -0.39 is 24.0 Å². The number of H-pyrrole nitrogens is 1. The van der Waals surface area contributed by atoms with E-state index in [9.17, 15) is 14.4 Å². The molecule has 5 rings (SSSR count). The van der Waals surface area contributed by atoms with E-state index in [1.54, 1.807) is 19.1 Å². The summed E-state index contributed by atoms with van der Waals surface area (Å²) in [5.41, 5.74) is 3.96. The second kappa shape index (κ2) is 11.4. The van der Waals surface area contributed by atoms with Crippen molar-refractivity contribution in [3.05, 3.63) is 81.3 Å². The third-order valence-corrected chi connectivity index (χ3v) is 7.75. The van der Waals surface area contributed by atoms with Gasteiger partial charge in [0.15, 0.2) is 6.10 Å². The number of nitrogens with zero attached hydrogens (tertiary/aromatic N) is 1. The smallest absolute Gasteiger partial charge is 0.328 e. The zero-order chi connectivity index (χ0) is 28.4. The molecule has 2 atom stereocenters. The number of aromatic amines is 1. The number of rotatable bonds is 9. The van der Waals surface area contributed by atoms with Crippen molar-refractivity contribution in [1.82, 2.24) is 15.3 Å². The lowest BCUT2D eigenvalue weighted by Crippen LogP contribution is -2.47. The Labute approximate surface area is 234 Å². The number of carbonyl (C=O) groups excluding carboxylic acids is 2. The number of aryl methyl sites for hydroxylation is 2. The molecule has 2 N–H and O–H groups in total. The number of para-hydroxylation sites is 1. The molecule has 40 heavy (non-hydrogen) atoms. The summed E-state index contributed by atoms with van der Waals surface area (Å²) in [7, 11) is 1.29. The van der Waals surface area contributed by atoms with E-state index in [1.807, 2.05) is 49.7 Å². The Morgan fingerprint density at radius 1 is 1.18 bits per heavy atom. The highest BCUT2D eigenvalue weighted by molar-refractivity contribution is 7.13. The largest absolute Gasteiger partial charge is 0.480 e. The van der Waals surface area contributed by atoms with Crippen LogP contribution in [0.3, 0.4) is 0 Å². The predicted molar refractivity (Wildman–Crippen MR) is 154 cm³/mol. The summed E-state index contributed by atoms with van der Waals surface area (Å²) in [6.45, 7) is 5.40. The van der Waals surface area contributed by atoms with Gasteiger partial charge in [-0.3, -0.25) is 9.59 Å². The Balaban J connectivity index is 1.36. The number of thiazole rings is 1. The fourth-order valence-electron chi connectivity index (χ4n) is 4.60. The van der Waals surface area contributed by atoms with Crippen LogP contribution < -0.4 is 15.5 Å². The third kappa shape index (κ3) is 5.35. The molecule has 3 heterocycles. The van der Waals surface area contributed by atoms with Gasteiger partial charge < -0.3 is 24.2 Å². The van der Waals surface area contributed by atoms with Gasteiger partial charge in [0, 0.05) is 40.7 Å². The van der Waals surface area contributed by atoms with Gasteiger partial charge in [0.2, 0.25) is 5.43 Å². The highest BCUT2D eigenvalue weighted by atomic mass is 32.1. The van der Waals surface area contributed by atoms with Gasteiger partial charge in [-0.15, -0.1) is 11.3 Å². The van der Waals surface area contributed by atoms with Crippen molar-refractivity contribution in [3.8, 4) is 16.3 Å². The molecule has 2 aromatic carbocycles. The molecule has 1 amide bonds. The van der Waals surface area contributed by atoms with Crippen molar-refractivity contribution in [3.63, 3.8) is 0 Å². The number of esters is 1. The maximum absolute atomic E-state index is 13.2. The van der Waals surface area contributed by atoms with Crippen molar-refractivity contribution in [1.29, 1.82) is 0 Å². The number of amides is 1. The Bertz CT molecular complexity index is 1770. The van der Waals surface area contributed by atoms with Crippen LogP contribution in [0.2, 0.25) is 0 Å². The molecule has 0 aliphatic rings. The van der Waals surface area contributed by atoms with Gasteiger partial charge in [-0.1, -0.05) is 25.1 Å². The van der Waals surface area contributed by atoms with E-state index >= 15 is 0 Å². The molecule has 9 nitrogen and oxygen atoms in total. The normalized spacial score (nSPS) is 12.8. The van der Waals surface area contributed by atoms with Crippen molar-refractivity contribution in [2.24, 2.45) is 0 Å². The van der Waals surface area contributed by atoms with Crippen molar-refractivity contribution >= 4 is 45.1 Å². The lowest BCUT2D eigenvalue weighted by molar-refractivity contribution is -0.145. The summed E-state index contributed by atoms with van der Waals surface area (Å²) in [4.78, 5) is 46.5. The fraction of sp³-hybridized carbons (Fsp3) is 0.267. The number of hydrogen-bond donors (Lipinski definition) is 2. The van der Waals surface area contributed by atoms with Crippen LogP contribution in [0.5, 0.6) is 5.75 Å². The molecule has 0 bridgehead atoms. The summed E-state index contributed by atoms with van der Waals surface area (Å²) < 4.78 is 16.8. The zero-order valence-electron chi connectivity index (χ0n) is 22.6. The van der Waals surface area contributed by atoms with Crippen molar-refractivity contribution in [2.45, 2.75) is 45.8 Å². The van der Waals surface area contributed by atoms with Crippen LogP contribution in [0.1, 0.15) is 30.7 Å². The van der Waals surface area contributed by atoms with E-state index in [0.29, 0.717) is 33.7 Å². The molecule has 5 aromatic rings. The number of carbonyl (C=O) groups is 2. The highest BCUT2D eigenvalue weighted by Crippen LogP contribution is 2.29. The summed E-state index contributed by atoms with van der Waals surface area (Å²) in [5, 5.41) is 6.63. The number of fused-ring (bicyclic) bond motifs is 2. The molecule has 0 radical (unpaired) electrons. The summed E-state index contributed by atoms with van der Waals surface area (Å²) in [6.07, 6.45) is 3.09. The average molecular weight is 560 g/mol. The van der Waals surface area contributed by atoms with Gasteiger partial charge in [-0.05, 0) is 43.5 Å². The van der Waals surface area contributed by atoms with E-state index in [0.717, 1.165) is 27.7 Å². The van der Waals surface area contributed by atoms with E-state index in [4.69, 9.17) is 13.9 Å². The molecule has 0 spiro atoms. The molecular formula is C30H29N3O6S. The number of aromatic nitrogens is 2. The predicted octanol–water partition coefficient (Wildman–Crippen LogP) is 4.94. The van der Waals surface area contributed by atoms with E-state index in [-0.39, 0.29) is 11.8 Å². The molecule has 0 aliphatic carbocycles. The van der Waals surface area contributed by atoms with Crippen LogP contribution in [0.4, 0.5) is 0 Å². The number of nitrogens with one attached hydrogen (secondary N) is 2. The minimum absolute atomic E-state index is 0.180. The van der Waals surface area contributed by atoms with Crippen LogP contribution >= 0.6 is 11.3 Å². The quantitative estimate of drug-likeness (QED) is 0.245. The molecule has 0 aliphatic heterocycles. The first kappa shape index (κ1) is 27.1. The van der Waals surface area contributed by atoms with Crippen LogP contribution in [0.25, 0.3) is 32.4 Å². The topological polar surface area (TPSA) is 124 Å². The minimum atomic E-state index is -0.942. The van der Waals surface area contributed by atoms with Crippen molar-refractivity contribution < 1.29 is 23.5 Å². The van der Waals surface area contributed by atoms with Gasteiger partial charge >= 0.3 is 5.97 Å². The minimum Gasteiger partial charge on any atom is -0.480 e. The van der Waals surface area contributed by atoms with Crippen molar-refractivity contribution in [2.75, 3.05) is 7.11 Å². The molecule has 0 saturated heterocycles. The monoisotopic (exact) mass is 559 g/mol. The maximum Gasteiger partial charge on any atom is 0.328 e. The SMILES string of the molecule is CCc1cc2c(=O)c(-c3nc(C)cs3)coc2cc1OC(C)C(=O)N[C@H](Cc1c[nH]c2ccccc12)C(=O)OC. The third-order valence-electron chi connectivity index (χ3n) is 6.76. The Kier molecular flexibility index (Phi) is 7.70. The molecule has 0 fully saturated rings. The fourth-order valence-corrected chi connectivity index (χ4v) is 5.40. The Morgan fingerprint density at radius 3 is 2.70 bits per heavy atom. The molecule has 1 unspecified atom stereocenters. The number of hydrogen-bond acceptors (Lipinski definition) is 8. The molecule has 10 heteroatoms. The van der Waals surface area contributed by atoms with Crippen LogP contribution in [0.15, 0.2) is 63.4 Å². The summed E-state index contributed by atoms with van der Waals surface area (Å²) in [5.74, 6) is -0.614. The molecular weight excluding hydrogens is 530 g/mol. The molecule has 3 aromatic heterocycles. The molecule has 0 saturated carbocycles. The van der Waals surface area contributed by atoms with Gasteiger partial charge in [-0.2, -0.15) is 0 Å². The average Bonchev–Trinajstić information content (AvgIpc) is 3.58. The first-order valence-corrected chi connectivity index (χ1v) is 13.8. The second-order valence-corrected chi connectivity index (χ2v) is 10.3. The van der Waals surface area contributed by atoms with Crippen LogP contribution in [-0.2, 0) is 27.2 Å². The highest BCUT2D eigenvalue weighted by Gasteiger charge is 2.27. The van der Waals surface area contributed by atoms with Gasteiger partial charge in [0.1, 0.15) is 28.6 Å². The van der Waals surface area contributed by atoms with E-state index in [2.05, 4.69) is 15.3 Å². The Hall–Kier alpha value is -4.44. The number of benzene rings is 2.